The van der Waals surface area contributed by atoms with Crippen molar-refractivity contribution in [1.29, 1.82) is 0 Å². The SMILES string of the molecule is O=C1OCC=C[C@@H]2S[C@]34C=CCN(Cn5nnc6ccccc65)C(=O)C3N(CCCCCCO)C(=O)[C@@H]4[C@H]12. The maximum Gasteiger partial charge on any atom is 0.311 e. The molecule has 1 unspecified atom stereocenters. The number of aliphatic hydroxyl groups is 1. The Labute approximate surface area is 224 Å². The van der Waals surface area contributed by atoms with E-state index in [1.165, 1.54) is 0 Å². The number of aliphatic hydroxyl groups excluding tert-OH is 1. The molecule has 0 saturated carbocycles. The van der Waals surface area contributed by atoms with Crippen LogP contribution < -0.4 is 0 Å². The van der Waals surface area contributed by atoms with E-state index in [1.807, 2.05) is 48.6 Å². The molecule has 5 heterocycles. The summed E-state index contributed by atoms with van der Waals surface area (Å²) in [6, 6.07) is 6.87. The summed E-state index contributed by atoms with van der Waals surface area (Å²) in [6.07, 6.45) is 10.9. The highest BCUT2D eigenvalue weighted by Gasteiger charge is 2.71. The second-order valence-electron chi connectivity index (χ2n) is 10.3. The number of para-hydroxylation sites is 1. The molecule has 1 spiro atoms. The van der Waals surface area contributed by atoms with Gasteiger partial charge in [0, 0.05) is 24.9 Å². The maximum atomic E-state index is 14.3. The monoisotopic (exact) mass is 537 g/mol. The van der Waals surface area contributed by atoms with Gasteiger partial charge in [0.25, 0.3) is 0 Å². The molecule has 2 aromatic rings. The number of rotatable bonds is 8. The van der Waals surface area contributed by atoms with Crippen LogP contribution in [0.5, 0.6) is 0 Å². The van der Waals surface area contributed by atoms with E-state index in [2.05, 4.69) is 10.3 Å². The minimum absolute atomic E-state index is 0.140. The van der Waals surface area contributed by atoms with Crippen molar-refractivity contribution in [3.8, 4) is 0 Å². The Bertz CT molecular complexity index is 1310. The lowest BCUT2D eigenvalue weighted by atomic mass is 9.78. The number of hydrogen-bond donors (Lipinski definition) is 1. The highest BCUT2D eigenvalue weighted by atomic mass is 32.2. The van der Waals surface area contributed by atoms with Crippen LogP contribution in [0.4, 0.5) is 0 Å². The van der Waals surface area contributed by atoms with Gasteiger partial charge in [-0.25, -0.2) is 4.68 Å². The van der Waals surface area contributed by atoms with Crippen LogP contribution in [0, 0.1) is 11.8 Å². The van der Waals surface area contributed by atoms with Crippen LogP contribution in [0.3, 0.4) is 0 Å². The Morgan fingerprint density at radius 1 is 1.08 bits per heavy atom. The number of aromatic nitrogens is 3. The van der Waals surface area contributed by atoms with Gasteiger partial charge in [-0.15, -0.1) is 16.9 Å². The van der Waals surface area contributed by atoms with E-state index in [-0.39, 0.29) is 42.9 Å². The molecule has 4 aliphatic heterocycles. The third-order valence-electron chi connectivity index (χ3n) is 8.03. The van der Waals surface area contributed by atoms with Crippen molar-refractivity contribution < 1.29 is 24.2 Å². The van der Waals surface area contributed by atoms with Gasteiger partial charge < -0.3 is 19.6 Å². The molecule has 2 fully saturated rings. The molecule has 200 valence electrons. The summed E-state index contributed by atoms with van der Waals surface area (Å²) in [5, 5.41) is 17.4. The van der Waals surface area contributed by atoms with Crippen LogP contribution in [-0.4, -0.2) is 90.0 Å². The molecule has 38 heavy (non-hydrogen) atoms. The second kappa shape index (κ2) is 10.2. The van der Waals surface area contributed by atoms with Crippen molar-refractivity contribution in [2.75, 3.05) is 26.3 Å². The zero-order valence-corrected chi connectivity index (χ0v) is 21.8. The number of nitrogens with zero attached hydrogens (tertiary/aromatic N) is 5. The number of carbonyl (C=O) groups excluding carboxylic acids is 3. The Kier molecular flexibility index (Phi) is 6.73. The van der Waals surface area contributed by atoms with Crippen LogP contribution >= 0.6 is 11.8 Å². The fourth-order valence-electron chi connectivity index (χ4n) is 6.31. The molecule has 0 bridgehead atoms. The lowest BCUT2D eigenvalue weighted by Crippen LogP contribution is -2.53. The molecule has 0 aliphatic carbocycles. The van der Waals surface area contributed by atoms with Crippen molar-refractivity contribution in [3.05, 3.63) is 48.6 Å². The molecule has 11 heteroatoms. The quantitative estimate of drug-likeness (QED) is 0.308. The van der Waals surface area contributed by atoms with E-state index < -0.39 is 22.6 Å². The first-order valence-electron chi connectivity index (χ1n) is 13.2. The minimum Gasteiger partial charge on any atom is -0.461 e. The van der Waals surface area contributed by atoms with Crippen molar-refractivity contribution in [1.82, 2.24) is 24.8 Å². The van der Waals surface area contributed by atoms with Crippen LogP contribution in [-0.2, 0) is 25.8 Å². The van der Waals surface area contributed by atoms with Gasteiger partial charge in [-0.1, -0.05) is 54.5 Å². The molecule has 5 atom stereocenters. The highest BCUT2D eigenvalue weighted by molar-refractivity contribution is 8.02. The number of carbonyl (C=O) groups is 3. The maximum absolute atomic E-state index is 14.3. The van der Waals surface area contributed by atoms with Gasteiger partial charge in [-0.05, 0) is 25.0 Å². The fraction of sp³-hybridized carbons (Fsp3) is 0.519. The largest absolute Gasteiger partial charge is 0.461 e. The molecule has 10 nitrogen and oxygen atoms in total. The Morgan fingerprint density at radius 2 is 1.92 bits per heavy atom. The van der Waals surface area contributed by atoms with Crippen molar-refractivity contribution in [2.24, 2.45) is 11.8 Å². The topological polar surface area (TPSA) is 118 Å². The van der Waals surface area contributed by atoms with Gasteiger partial charge in [-0.2, -0.15) is 0 Å². The summed E-state index contributed by atoms with van der Waals surface area (Å²) in [4.78, 5) is 44.8. The first kappa shape index (κ1) is 25.1. The third-order valence-corrected chi connectivity index (χ3v) is 9.77. The minimum atomic E-state index is -0.853. The Balaban J connectivity index is 1.34. The Hall–Kier alpha value is -3.18. The molecule has 1 aromatic heterocycles. The number of amides is 2. The summed E-state index contributed by atoms with van der Waals surface area (Å²) in [7, 11) is 0. The first-order valence-corrected chi connectivity index (χ1v) is 14.1. The standard InChI is InChI=1S/C27H31N5O5S/c33-15-6-2-1-5-14-31-23-25(35)30(17-32-19-10-4-3-9-18(19)28-29-32)13-8-12-27(23)22(24(31)34)21-20(38-27)11-7-16-37-26(21)36/h3-4,7-12,20-23,33H,1-2,5-6,13-17H2/t20-,21+,22-,23?,27-/m0/s1. The van der Waals surface area contributed by atoms with Gasteiger partial charge in [0.1, 0.15) is 24.8 Å². The lowest BCUT2D eigenvalue weighted by Gasteiger charge is -2.35. The number of thioether (sulfide) groups is 1. The van der Waals surface area contributed by atoms with Gasteiger partial charge in [-0.3, -0.25) is 14.4 Å². The predicted molar refractivity (Wildman–Crippen MR) is 141 cm³/mol. The smallest absolute Gasteiger partial charge is 0.311 e. The molecule has 6 rings (SSSR count). The number of esters is 1. The van der Waals surface area contributed by atoms with Crippen molar-refractivity contribution in [3.63, 3.8) is 0 Å². The normalized spacial score (nSPS) is 30.3. The summed E-state index contributed by atoms with van der Waals surface area (Å²) < 4.78 is 6.28. The summed E-state index contributed by atoms with van der Waals surface area (Å²) in [5.74, 6) is -1.97. The summed E-state index contributed by atoms with van der Waals surface area (Å²) in [6.45, 7) is 1.34. The van der Waals surface area contributed by atoms with E-state index in [0.717, 1.165) is 30.3 Å². The van der Waals surface area contributed by atoms with Gasteiger partial charge in [0.05, 0.1) is 22.1 Å². The average Bonchev–Trinajstić information content (AvgIpc) is 3.46. The van der Waals surface area contributed by atoms with Gasteiger partial charge in [0.15, 0.2) is 0 Å². The number of ether oxygens (including phenoxy) is 1. The first-order chi connectivity index (χ1) is 18.5. The number of unbranched alkanes of at least 4 members (excludes halogenated alkanes) is 3. The molecular weight excluding hydrogens is 506 g/mol. The molecular formula is C27H31N5O5S. The van der Waals surface area contributed by atoms with E-state index in [1.54, 1.807) is 26.2 Å². The number of cyclic esters (lactones) is 1. The fourth-order valence-corrected chi connectivity index (χ4v) is 8.32. The number of likely N-dealkylation sites (tertiary alicyclic amines) is 1. The third kappa shape index (κ3) is 4.03. The van der Waals surface area contributed by atoms with E-state index >= 15 is 0 Å². The molecule has 1 N–H and O–H groups in total. The molecule has 0 radical (unpaired) electrons. The van der Waals surface area contributed by atoms with Crippen molar-refractivity contribution in [2.45, 2.75) is 48.4 Å². The number of benzene rings is 1. The highest BCUT2D eigenvalue weighted by Crippen LogP contribution is 2.60. The molecule has 4 aliphatic rings. The molecule has 1 aromatic carbocycles. The van der Waals surface area contributed by atoms with E-state index in [0.29, 0.717) is 19.5 Å². The Morgan fingerprint density at radius 3 is 2.79 bits per heavy atom. The zero-order valence-electron chi connectivity index (χ0n) is 21.0. The van der Waals surface area contributed by atoms with Gasteiger partial charge in [0.2, 0.25) is 11.8 Å². The van der Waals surface area contributed by atoms with Crippen LogP contribution in [0.2, 0.25) is 0 Å². The van der Waals surface area contributed by atoms with E-state index in [9.17, 15) is 14.4 Å². The van der Waals surface area contributed by atoms with Crippen LogP contribution in [0.25, 0.3) is 11.0 Å². The van der Waals surface area contributed by atoms with Crippen LogP contribution in [0.1, 0.15) is 25.7 Å². The number of fused-ring (bicyclic) bond motifs is 3. The van der Waals surface area contributed by atoms with Crippen molar-refractivity contribution >= 4 is 40.6 Å². The predicted octanol–water partition coefficient (Wildman–Crippen LogP) is 1.75. The number of hydrogen-bond acceptors (Lipinski definition) is 8. The van der Waals surface area contributed by atoms with E-state index in [4.69, 9.17) is 9.84 Å². The van der Waals surface area contributed by atoms with Crippen LogP contribution in [0.15, 0.2) is 48.6 Å². The molecule has 2 amide bonds. The molecule has 2 saturated heterocycles. The zero-order chi connectivity index (χ0) is 26.3. The average molecular weight is 538 g/mol. The second-order valence-corrected chi connectivity index (χ2v) is 11.7. The summed E-state index contributed by atoms with van der Waals surface area (Å²) >= 11 is 1.55. The lowest BCUT2D eigenvalue weighted by molar-refractivity contribution is -0.151. The van der Waals surface area contributed by atoms with Gasteiger partial charge >= 0.3 is 5.97 Å². The summed E-state index contributed by atoms with van der Waals surface area (Å²) in [5.41, 5.74) is 1.58.